The van der Waals surface area contributed by atoms with E-state index in [1.54, 1.807) is 11.3 Å². The van der Waals surface area contributed by atoms with Gasteiger partial charge in [-0.2, -0.15) is 5.26 Å². The first-order valence-corrected chi connectivity index (χ1v) is 11.8. The van der Waals surface area contributed by atoms with Crippen LogP contribution in [0.1, 0.15) is 67.3 Å². The molecular weight excluding hydrogens is 390 g/mol. The van der Waals surface area contributed by atoms with Gasteiger partial charge < -0.3 is 9.88 Å². The summed E-state index contributed by atoms with van der Waals surface area (Å²) >= 11 is 3.03. The van der Waals surface area contributed by atoms with Gasteiger partial charge in [-0.05, 0) is 51.0 Å². The predicted octanol–water partition coefficient (Wildman–Crippen LogP) is 4.33. The second-order valence-corrected chi connectivity index (χ2v) is 9.90. The van der Waals surface area contributed by atoms with Gasteiger partial charge in [0.05, 0.1) is 10.8 Å². The standard InChI is InChI=1S/C20H25N5OS2/c1-13(27-20-24-23-17-10-6-3-7-11-25(17)20)18(26)22-19-15(12-21)14-8-4-2-5-9-16(14)28-19/h13H,2-11H2,1H3,(H,22,26). The molecule has 1 aliphatic heterocycles. The van der Waals surface area contributed by atoms with E-state index in [2.05, 4.69) is 26.2 Å². The van der Waals surface area contributed by atoms with E-state index in [1.807, 2.05) is 6.92 Å². The maximum Gasteiger partial charge on any atom is 0.238 e. The smallest absolute Gasteiger partial charge is 0.238 e. The fourth-order valence-electron chi connectivity index (χ4n) is 3.92. The molecule has 4 rings (SSSR count). The van der Waals surface area contributed by atoms with Crippen LogP contribution in [-0.4, -0.2) is 25.9 Å². The minimum absolute atomic E-state index is 0.0797. The Morgan fingerprint density at radius 3 is 2.82 bits per heavy atom. The molecule has 0 fully saturated rings. The summed E-state index contributed by atoms with van der Waals surface area (Å²) in [4.78, 5) is 14.1. The number of aryl methyl sites for hydroxylation is 2. The third-order valence-electron chi connectivity index (χ3n) is 5.50. The van der Waals surface area contributed by atoms with Crippen LogP contribution in [0.25, 0.3) is 0 Å². The quantitative estimate of drug-likeness (QED) is 0.594. The minimum Gasteiger partial charge on any atom is -0.316 e. The zero-order chi connectivity index (χ0) is 19.5. The van der Waals surface area contributed by atoms with Crippen LogP contribution < -0.4 is 5.32 Å². The van der Waals surface area contributed by atoms with E-state index in [9.17, 15) is 10.1 Å². The number of aromatic nitrogens is 3. The van der Waals surface area contributed by atoms with Crippen molar-refractivity contribution in [1.82, 2.24) is 14.8 Å². The Morgan fingerprint density at radius 1 is 1.18 bits per heavy atom. The van der Waals surface area contributed by atoms with E-state index in [4.69, 9.17) is 0 Å². The molecule has 1 unspecified atom stereocenters. The Morgan fingerprint density at radius 2 is 1.96 bits per heavy atom. The lowest BCUT2D eigenvalue weighted by atomic mass is 10.1. The normalized spacial score (nSPS) is 17.6. The number of thioether (sulfide) groups is 1. The highest BCUT2D eigenvalue weighted by molar-refractivity contribution is 8.00. The van der Waals surface area contributed by atoms with Crippen molar-refractivity contribution in [1.29, 1.82) is 5.26 Å². The Hall–Kier alpha value is -1.85. The van der Waals surface area contributed by atoms with E-state index >= 15 is 0 Å². The van der Waals surface area contributed by atoms with Crippen LogP contribution in [-0.2, 0) is 30.6 Å². The first-order valence-electron chi connectivity index (χ1n) is 10.1. The minimum atomic E-state index is -0.301. The van der Waals surface area contributed by atoms with Crippen LogP contribution in [0.5, 0.6) is 0 Å². The summed E-state index contributed by atoms with van der Waals surface area (Å²) in [7, 11) is 0. The Balaban J connectivity index is 1.47. The number of carbonyl (C=O) groups is 1. The first-order chi connectivity index (χ1) is 13.7. The van der Waals surface area contributed by atoms with Gasteiger partial charge in [0.15, 0.2) is 5.16 Å². The summed E-state index contributed by atoms with van der Waals surface area (Å²) in [6.45, 7) is 2.82. The highest BCUT2D eigenvalue weighted by Crippen LogP contribution is 2.37. The summed E-state index contributed by atoms with van der Waals surface area (Å²) in [5.41, 5.74) is 1.83. The molecule has 1 aliphatic carbocycles. The predicted molar refractivity (Wildman–Crippen MR) is 112 cm³/mol. The van der Waals surface area contributed by atoms with Crippen LogP contribution in [0, 0.1) is 11.3 Å². The number of amides is 1. The van der Waals surface area contributed by atoms with Gasteiger partial charge in [0.2, 0.25) is 5.91 Å². The highest BCUT2D eigenvalue weighted by atomic mass is 32.2. The number of anilines is 1. The lowest BCUT2D eigenvalue weighted by Crippen LogP contribution is -2.23. The lowest BCUT2D eigenvalue weighted by molar-refractivity contribution is -0.115. The number of nitriles is 1. The van der Waals surface area contributed by atoms with Gasteiger partial charge in [0.1, 0.15) is 16.9 Å². The maximum absolute atomic E-state index is 12.8. The lowest BCUT2D eigenvalue weighted by Gasteiger charge is -2.12. The van der Waals surface area contributed by atoms with Gasteiger partial charge in [-0.1, -0.05) is 24.6 Å². The summed E-state index contributed by atoms with van der Waals surface area (Å²) in [6.07, 6.45) is 9.91. The SMILES string of the molecule is CC(Sc1nnc2n1CCCCC2)C(=O)Nc1sc2c(c1C#N)CCCCC2. The summed E-state index contributed by atoms with van der Waals surface area (Å²) in [6, 6.07) is 2.33. The summed E-state index contributed by atoms with van der Waals surface area (Å²) in [5, 5.41) is 22.5. The molecule has 2 aromatic heterocycles. The first kappa shape index (κ1) is 19.5. The van der Waals surface area contributed by atoms with Crippen molar-refractivity contribution in [3.63, 3.8) is 0 Å². The Labute approximate surface area is 173 Å². The van der Waals surface area contributed by atoms with Crippen molar-refractivity contribution in [2.24, 2.45) is 0 Å². The number of nitrogens with one attached hydrogen (secondary N) is 1. The van der Waals surface area contributed by atoms with Crippen LogP contribution >= 0.6 is 23.1 Å². The largest absolute Gasteiger partial charge is 0.316 e. The number of rotatable bonds is 4. The van der Waals surface area contributed by atoms with Crippen LogP contribution in [0.3, 0.4) is 0 Å². The molecule has 3 heterocycles. The van der Waals surface area contributed by atoms with Gasteiger partial charge in [-0.25, -0.2) is 0 Å². The van der Waals surface area contributed by atoms with Gasteiger partial charge in [-0.15, -0.1) is 21.5 Å². The molecule has 1 amide bonds. The molecule has 8 heteroatoms. The monoisotopic (exact) mass is 415 g/mol. The van der Waals surface area contributed by atoms with E-state index in [-0.39, 0.29) is 11.2 Å². The third kappa shape index (κ3) is 3.96. The average Bonchev–Trinajstić information content (AvgIpc) is 3.00. The van der Waals surface area contributed by atoms with Crippen molar-refractivity contribution in [2.75, 3.05) is 5.32 Å². The number of nitrogens with zero attached hydrogens (tertiary/aromatic N) is 4. The Kier molecular flexibility index (Phi) is 6.02. The fraction of sp³-hybridized carbons (Fsp3) is 0.600. The Bertz CT molecular complexity index is 911. The average molecular weight is 416 g/mol. The molecule has 2 aromatic rings. The van der Waals surface area contributed by atoms with Crippen LogP contribution in [0.15, 0.2) is 5.16 Å². The number of thiophene rings is 1. The molecule has 148 valence electrons. The van der Waals surface area contributed by atoms with Crippen molar-refractivity contribution in [3.8, 4) is 6.07 Å². The summed E-state index contributed by atoms with van der Waals surface area (Å²) < 4.78 is 2.16. The molecule has 0 bridgehead atoms. The molecule has 6 nitrogen and oxygen atoms in total. The molecule has 0 saturated carbocycles. The van der Waals surface area contributed by atoms with E-state index < -0.39 is 0 Å². The van der Waals surface area contributed by atoms with E-state index in [1.165, 1.54) is 29.5 Å². The number of fused-ring (bicyclic) bond motifs is 2. The van der Waals surface area contributed by atoms with Crippen LogP contribution in [0.4, 0.5) is 5.00 Å². The van der Waals surface area contributed by atoms with Crippen LogP contribution in [0.2, 0.25) is 0 Å². The topological polar surface area (TPSA) is 83.6 Å². The van der Waals surface area contributed by atoms with Crippen molar-refractivity contribution >= 4 is 34.0 Å². The highest BCUT2D eigenvalue weighted by Gasteiger charge is 2.25. The zero-order valence-corrected chi connectivity index (χ0v) is 17.8. The van der Waals surface area contributed by atoms with E-state index in [0.717, 1.165) is 68.0 Å². The van der Waals surface area contributed by atoms with Crippen molar-refractivity contribution < 1.29 is 4.79 Å². The molecule has 28 heavy (non-hydrogen) atoms. The van der Waals surface area contributed by atoms with Gasteiger partial charge in [0.25, 0.3) is 0 Å². The molecule has 1 atom stereocenters. The van der Waals surface area contributed by atoms with Gasteiger partial charge in [-0.3, -0.25) is 4.79 Å². The molecule has 2 aliphatic rings. The number of hydrogen-bond donors (Lipinski definition) is 1. The van der Waals surface area contributed by atoms with Gasteiger partial charge in [0, 0.05) is 17.8 Å². The van der Waals surface area contributed by atoms with Crippen molar-refractivity contribution in [3.05, 3.63) is 21.8 Å². The molecule has 1 N–H and O–H groups in total. The fourth-order valence-corrected chi connectivity index (χ4v) is 6.06. The van der Waals surface area contributed by atoms with Crippen molar-refractivity contribution in [2.45, 2.75) is 81.7 Å². The summed E-state index contributed by atoms with van der Waals surface area (Å²) in [5.74, 6) is 0.949. The molecular formula is C20H25N5OS2. The second kappa shape index (κ2) is 8.66. The molecule has 0 aromatic carbocycles. The molecule has 0 radical (unpaired) electrons. The number of carbonyl (C=O) groups excluding carboxylic acids is 1. The molecule has 0 saturated heterocycles. The van der Waals surface area contributed by atoms with Gasteiger partial charge >= 0.3 is 0 Å². The third-order valence-corrected chi connectivity index (χ3v) is 7.78. The molecule has 0 spiro atoms. The number of hydrogen-bond acceptors (Lipinski definition) is 6. The maximum atomic E-state index is 12.8. The zero-order valence-electron chi connectivity index (χ0n) is 16.2. The second-order valence-electron chi connectivity index (χ2n) is 7.49. The van der Waals surface area contributed by atoms with E-state index in [0.29, 0.717) is 10.6 Å².